The van der Waals surface area contributed by atoms with Gasteiger partial charge in [-0.2, -0.15) is 0 Å². The number of aliphatic carboxylic acids is 1. The van der Waals surface area contributed by atoms with Crippen LogP contribution in [0.15, 0.2) is 0 Å². The van der Waals surface area contributed by atoms with E-state index in [1.165, 1.54) is 0 Å². The lowest BCUT2D eigenvalue weighted by molar-refractivity contribution is -0.140. The summed E-state index contributed by atoms with van der Waals surface area (Å²) in [6.45, 7) is 6.03. The molecule has 5 nitrogen and oxygen atoms in total. The van der Waals surface area contributed by atoms with Crippen LogP contribution < -0.4 is 10.6 Å². The molecule has 0 aliphatic carbocycles. The highest BCUT2D eigenvalue weighted by atomic mass is 16.5. The molecule has 0 aromatic carbocycles. The Morgan fingerprint density at radius 1 is 1.53 bits per heavy atom. The fourth-order valence-electron chi connectivity index (χ4n) is 1.98. The molecule has 2 aliphatic rings. The normalized spacial score (nSPS) is 26.5. The van der Waals surface area contributed by atoms with E-state index in [4.69, 9.17) is 9.84 Å². The summed E-state index contributed by atoms with van der Waals surface area (Å²) in [5, 5.41) is 15.3. The molecule has 2 fully saturated rings. The highest BCUT2D eigenvalue weighted by Crippen LogP contribution is 2.27. The number of hydrogen-bond donors (Lipinski definition) is 3. The zero-order valence-corrected chi connectivity index (χ0v) is 9.01. The van der Waals surface area contributed by atoms with Gasteiger partial charge in [0.25, 0.3) is 0 Å². The first-order chi connectivity index (χ1) is 7.04. The fraction of sp³-hybridized carbons (Fsp3) is 0.900. The quantitative estimate of drug-likeness (QED) is 0.571. The van der Waals surface area contributed by atoms with Crippen molar-refractivity contribution in [3.63, 3.8) is 0 Å². The third-order valence-electron chi connectivity index (χ3n) is 3.21. The van der Waals surface area contributed by atoms with Crippen molar-refractivity contribution in [2.75, 3.05) is 32.8 Å². The molecule has 86 valence electrons. The molecule has 15 heavy (non-hydrogen) atoms. The molecular formula is C10H18N2O3. The Labute approximate surface area is 89.2 Å². The van der Waals surface area contributed by atoms with E-state index in [0.717, 1.165) is 32.8 Å². The van der Waals surface area contributed by atoms with E-state index >= 15 is 0 Å². The van der Waals surface area contributed by atoms with Crippen LogP contribution in [-0.2, 0) is 9.53 Å². The van der Waals surface area contributed by atoms with Crippen LogP contribution >= 0.6 is 0 Å². The number of carbonyl (C=O) groups is 1. The van der Waals surface area contributed by atoms with Crippen molar-refractivity contribution >= 4 is 5.97 Å². The first-order valence-electron chi connectivity index (χ1n) is 5.29. The Hall–Kier alpha value is -0.650. The van der Waals surface area contributed by atoms with Crippen molar-refractivity contribution in [3.05, 3.63) is 0 Å². The van der Waals surface area contributed by atoms with E-state index in [1.807, 2.05) is 0 Å². The van der Waals surface area contributed by atoms with Crippen molar-refractivity contribution in [2.24, 2.45) is 5.41 Å². The molecule has 2 rings (SSSR count). The Bertz CT molecular complexity index is 259. The van der Waals surface area contributed by atoms with E-state index < -0.39 is 5.97 Å². The van der Waals surface area contributed by atoms with Crippen molar-refractivity contribution < 1.29 is 14.6 Å². The monoisotopic (exact) mass is 214 g/mol. The topological polar surface area (TPSA) is 70.6 Å². The van der Waals surface area contributed by atoms with Crippen LogP contribution in [0.4, 0.5) is 0 Å². The van der Waals surface area contributed by atoms with Crippen LogP contribution in [0.5, 0.6) is 0 Å². The lowest BCUT2D eigenvalue weighted by atomic mass is 9.84. The van der Waals surface area contributed by atoms with Crippen LogP contribution in [0, 0.1) is 5.41 Å². The molecule has 0 atom stereocenters. The molecule has 0 amide bonds. The van der Waals surface area contributed by atoms with Crippen molar-refractivity contribution in [3.8, 4) is 0 Å². The lowest BCUT2D eigenvalue weighted by Gasteiger charge is -2.47. The largest absolute Gasteiger partial charge is 0.481 e. The number of hydrogen-bond acceptors (Lipinski definition) is 4. The minimum Gasteiger partial charge on any atom is -0.481 e. The molecule has 0 spiro atoms. The second kappa shape index (κ2) is 3.73. The molecule has 0 aromatic rings. The number of carboxylic acid groups (broad SMARTS) is 1. The van der Waals surface area contributed by atoms with Gasteiger partial charge in [0.15, 0.2) is 0 Å². The zero-order chi connectivity index (χ0) is 10.9. The van der Waals surface area contributed by atoms with Gasteiger partial charge >= 0.3 is 5.97 Å². The maximum Gasteiger partial charge on any atom is 0.305 e. The van der Waals surface area contributed by atoms with Crippen LogP contribution in [0.1, 0.15) is 13.3 Å². The van der Waals surface area contributed by atoms with E-state index in [2.05, 4.69) is 17.6 Å². The number of nitrogens with one attached hydrogen (secondary N) is 2. The Balaban J connectivity index is 1.82. The highest BCUT2D eigenvalue weighted by Gasteiger charge is 2.42. The highest BCUT2D eigenvalue weighted by molar-refractivity contribution is 5.68. The molecule has 2 aliphatic heterocycles. The van der Waals surface area contributed by atoms with Gasteiger partial charge < -0.3 is 20.5 Å². The van der Waals surface area contributed by atoms with Gasteiger partial charge in [0.1, 0.15) is 0 Å². The van der Waals surface area contributed by atoms with Crippen LogP contribution in [0.25, 0.3) is 0 Å². The smallest absolute Gasteiger partial charge is 0.305 e. The molecule has 0 unspecified atom stereocenters. The Morgan fingerprint density at radius 3 is 2.53 bits per heavy atom. The standard InChI is InChI=1S/C10H18N2O3/c1-9(6-15-7-9)3-12-10(2-8(13)14)4-11-5-10/h11-12H,2-7H2,1H3,(H,13,14). The second-order valence-corrected chi connectivity index (χ2v) is 5.11. The zero-order valence-electron chi connectivity index (χ0n) is 9.01. The van der Waals surface area contributed by atoms with Crippen molar-refractivity contribution in [1.29, 1.82) is 0 Å². The average Bonchev–Trinajstić information content (AvgIpc) is 2.05. The minimum absolute atomic E-state index is 0.191. The van der Waals surface area contributed by atoms with E-state index in [0.29, 0.717) is 0 Å². The van der Waals surface area contributed by atoms with Gasteiger partial charge in [-0.05, 0) is 0 Å². The first kappa shape index (κ1) is 10.9. The molecular weight excluding hydrogens is 196 g/mol. The second-order valence-electron chi connectivity index (χ2n) is 5.11. The Kier molecular flexibility index (Phi) is 2.70. The minimum atomic E-state index is -0.737. The molecule has 0 radical (unpaired) electrons. The van der Waals surface area contributed by atoms with E-state index in [-0.39, 0.29) is 17.4 Å². The van der Waals surface area contributed by atoms with Crippen molar-refractivity contribution in [1.82, 2.24) is 10.6 Å². The van der Waals surface area contributed by atoms with E-state index in [9.17, 15) is 4.79 Å². The summed E-state index contributed by atoms with van der Waals surface area (Å²) in [6, 6.07) is 0. The lowest BCUT2D eigenvalue weighted by Crippen LogP contribution is -2.70. The van der Waals surface area contributed by atoms with Gasteiger partial charge in [0, 0.05) is 25.0 Å². The molecule has 2 heterocycles. The van der Waals surface area contributed by atoms with Gasteiger partial charge in [-0.25, -0.2) is 0 Å². The number of ether oxygens (including phenoxy) is 1. The van der Waals surface area contributed by atoms with Gasteiger partial charge in [-0.3, -0.25) is 4.79 Å². The van der Waals surface area contributed by atoms with Crippen molar-refractivity contribution in [2.45, 2.75) is 18.9 Å². The number of rotatable bonds is 5. The number of carboxylic acids is 1. The maximum atomic E-state index is 10.7. The van der Waals surface area contributed by atoms with E-state index in [1.54, 1.807) is 0 Å². The molecule has 0 aromatic heterocycles. The average molecular weight is 214 g/mol. The van der Waals surface area contributed by atoms with Crippen LogP contribution in [0.3, 0.4) is 0 Å². The fourth-order valence-corrected chi connectivity index (χ4v) is 1.98. The summed E-state index contributed by atoms with van der Waals surface area (Å²) in [6.07, 6.45) is 0.191. The predicted molar refractivity (Wildman–Crippen MR) is 54.8 cm³/mol. The molecule has 0 saturated carbocycles. The van der Waals surface area contributed by atoms with Crippen LogP contribution in [0.2, 0.25) is 0 Å². The van der Waals surface area contributed by atoms with Gasteiger partial charge in [-0.1, -0.05) is 6.92 Å². The summed E-state index contributed by atoms with van der Waals surface area (Å²) < 4.78 is 5.16. The molecule has 3 N–H and O–H groups in total. The summed E-state index contributed by atoms with van der Waals surface area (Å²) in [5.74, 6) is -0.737. The molecule has 2 saturated heterocycles. The van der Waals surface area contributed by atoms with Gasteiger partial charge in [0.2, 0.25) is 0 Å². The third-order valence-corrected chi connectivity index (χ3v) is 3.21. The molecule has 5 heteroatoms. The van der Waals surface area contributed by atoms with Crippen LogP contribution in [-0.4, -0.2) is 49.5 Å². The van der Waals surface area contributed by atoms with Gasteiger partial charge in [0.05, 0.1) is 25.2 Å². The summed E-state index contributed by atoms with van der Waals surface area (Å²) >= 11 is 0. The SMILES string of the molecule is CC1(CNC2(CC(=O)O)CNC2)COC1. The summed E-state index contributed by atoms with van der Waals surface area (Å²) in [4.78, 5) is 10.7. The summed E-state index contributed by atoms with van der Waals surface area (Å²) in [7, 11) is 0. The first-order valence-corrected chi connectivity index (χ1v) is 5.29. The summed E-state index contributed by atoms with van der Waals surface area (Å²) in [5.41, 5.74) is -0.0362. The Morgan fingerprint density at radius 2 is 2.20 bits per heavy atom. The maximum absolute atomic E-state index is 10.7. The van der Waals surface area contributed by atoms with Gasteiger partial charge in [-0.15, -0.1) is 0 Å². The predicted octanol–water partition coefficient (Wildman–Crippen LogP) is -0.571. The third kappa shape index (κ3) is 2.30. The molecule has 0 bridgehead atoms.